The summed E-state index contributed by atoms with van der Waals surface area (Å²) in [5.41, 5.74) is 0.0353. The molecule has 0 spiro atoms. The highest BCUT2D eigenvalue weighted by molar-refractivity contribution is 5.39. The van der Waals surface area contributed by atoms with Crippen LogP contribution in [0.3, 0.4) is 0 Å². The van der Waals surface area contributed by atoms with Crippen molar-refractivity contribution in [2.75, 3.05) is 33.0 Å². The van der Waals surface area contributed by atoms with Crippen LogP contribution in [-0.2, 0) is 4.74 Å². The molecule has 0 radical (unpaired) electrons. The second-order valence-corrected chi connectivity index (χ2v) is 4.94. The van der Waals surface area contributed by atoms with Crippen molar-refractivity contribution in [1.82, 2.24) is 0 Å². The molecule has 0 amide bonds. The molecule has 0 atom stereocenters. The van der Waals surface area contributed by atoms with Gasteiger partial charge in [-0.2, -0.15) is 0 Å². The molecule has 0 unspecified atom stereocenters. The van der Waals surface area contributed by atoms with Crippen LogP contribution < -0.4 is 14.2 Å². The molecule has 0 saturated carbocycles. The summed E-state index contributed by atoms with van der Waals surface area (Å²) in [6.45, 7) is 4.08. The van der Waals surface area contributed by atoms with Crippen molar-refractivity contribution in [3.05, 3.63) is 58.6 Å². The van der Waals surface area contributed by atoms with E-state index < -0.39 is 4.92 Å². The van der Waals surface area contributed by atoms with Crippen LogP contribution in [0.2, 0.25) is 0 Å². The van der Waals surface area contributed by atoms with Gasteiger partial charge in [0.2, 0.25) is 0 Å². The van der Waals surface area contributed by atoms with Gasteiger partial charge in [0.15, 0.2) is 11.5 Å². The summed E-state index contributed by atoms with van der Waals surface area (Å²) < 4.78 is 22.0. The molecule has 7 heteroatoms. The second kappa shape index (κ2) is 10.1. The molecule has 0 aromatic heterocycles. The van der Waals surface area contributed by atoms with Gasteiger partial charge in [0.05, 0.1) is 24.7 Å². The van der Waals surface area contributed by atoms with Crippen molar-refractivity contribution in [2.45, 2.75) is 6.92 Å². The minimum atomic E-state index is -0.448. The largest absolute Gasteiger partial charge is 0.491 e. The zero-order chi connectivity index (χ0) is 17.9. The number of hydrogen-bond acceptors (Lipinski definition) is 6. The lowest BCUT2D eigenvalue weighted by Gasteiger charge is -2.12. The third-order valence-electron chi connectivity index (χ3n) is 3.18. The number of benzene rings is 2. The molecule has 0 aliphatic carbocycles. The van der Waals surface area contributed by atoms with E-state index in [0.29, 0.717) is 50.3 Å². The lowest BCUT2D eigenvalue weighted by molar-refractivity contribution is -0.384. The smallest absolute Gasteiger partial charge is 0.269 e. The van der Waals surface area contributed by atoms with E-state index in [0.717, 1.165) is 0 Å². The number of nitrogens with zero attached hydrogens (tertiary/aromatic N) is 1. The van der Waals surface area contributed by atoms with E-state index >= 15 is 0 Å². The second-order valence-electron chi connectivity index (χ2n) is 4.94. The Bertz CT molecular complexity index is 659. The number of ether oxygens (including phenoxy) is 4. The molecule has 134 valence electrons. The first-order chi connectivity index (χ1) is 12.2. The summed E-state index contributed by atoms with van der Waals surface area (Å²) in [6.07, 6.45) is 0. The molecule has 2 aromatic rings. The van der Waals surface area contributed by atoms with Crippen LogP contribution in [0.15, 0.2) is 48.5 Å². The number of para-hydroxylation sites is 2. The maximum atomic E-state index is 10.6. The van der Waals surface area contributed by atoms with Crippen molar-refractivity contribution in [3.63, 3.8) is 0 Å². The standard InChI is InChI=1S/C18H21NO6/c1-2-23-17-5-3-4-6-18(17)25-14-12-22-11-13-24-16-9-7-15(8-10-16)19(20)21/h3-10H,2,11-14H2,1H3. The monoisotopic (exact) mass is 347 g/mol. The van der Waals surface area contributed by atoms with E-state index in [1.165, 1.54) is 12.1 Å². The van der Waals surface area contributed by atoms with Gasteiger partial charge in [-0.05, 0) is 31.2 Å². The topological polar surface area (TPSA) is 80.1 Å². The maximum Gasteiger partial charge on any atom is 0.269 e. The molecule has 0 fully saturated rings. The fourth-order valence-electron chi connectivity index (χ4n) is 2.04. The quantitative estimate of drug-likeness (QED) is 0.352. The molecule has 0 bridgehead atoms. The van der Waals surface area contributed by atoms with E-state index in [1.54, 1.807) is 12.1 Å². The Morgan fingerprint density at radius 3 is 2.04 bits per heavy atom. The molecule has 2 aromatic carbocycles. The zero-order valence-corrected chi connectivity index (χ0v) is 14.1. The molecular formula is C18H21NO6. The first kappa shape index (κ1) is 18.5. The highest BCUT2D eigenvalue weighted by Crippen LogP contribution is 2.26. The summed E-state index contributed by atoms with van der Waals surface area (Å²) >= 11 is 0. The van der Waals surface area contributed by atoms with Crippen LogP contribution >= 0.6 is 0 Å². The summed E-state index contributed by atoms with van der Waals surface area (Å²) in [5, 5.41) is 10.6. The van der Waals surface area contributed by atoms with Crippen LogP contribution in [0.4, 0.5) is 5.69 Å². The molecule has 0 aliphatic rings. The fourth-order valence-corrected chi connectivity index (χ4v) is 2.04. The van der Waals surface area contributed by atoms with Crippen molar-refractivity contribution in [1.29, 1.82) is 0 Å². The third kappa shape index (κ3) is 6.31. The predicted molar refractivity (Wildman–Crippen MR) is 92.5 cm³/mol. The lowest BCUT2D eigenvalue weighted by Crippen LogP contribution is -2.12. The number of hydrogen-bond donors (Lipinski definition) is 0. The predicted octanol–water partition coefficient (Wildman–Crippen LogP) is 3.47. The van der Waals surface area contributed by atoms with Gasteiger partial charge >= 0.3 is 0 Å². The number of rotatable bonds is 11. The zero-order valence-electron chi connectivity index (χ0n) is 14.1. The van der Waals surface area contributed by atoms with Crippen molar-refractivity contribution < 1.29 is 23.9 Å². The van der Waals surface area contributed by atoms with E-state index in [9.17, 15) is 10.1 Å². The van der Waals surface area contributed by atoms with Gasteiger partial charge in [0.1, 0.15) is 19.0 Å². The van der Waals surface area contributed by atoms with Gasteiger partial charge in [-0.1, -0.05) is 12.1 Å². The molecule has 25 heavy (non-hydrogen) atoms. The highest BCUT2D eigenvalue weighted by atomic mass is 16.6. The summed E-state index contributed by atoms with van der Waals surface area (Å²) in [5.74, 6) is 1.97. The number of non-ortho nitro benzene ring substituents is 1. The first-order valence-electron chi connectivity index (χ1n) is 8.00. The van der Waals surface area contributed by atoms with Gasteiger partial charge in [-0.15, -0.1) is 0 Å². The van der Waals surface area contributed by atoms with Crippen LogP contribution in [0.5, 0.6) is 17.2 Å². The summed E-state index contributed by atoms with van der Waals surface area (Å²) in [6, 6.07) is 13.4. The highest BCUT2D eigenvalue weighted by Gasteiger charge is 2.05. The van der Waals surface area contributed by atoms with Gasteiger partial charge in [-0.25, -0.2) is 0 Å². The average Bonchev–Trinajstić information content (AvgIpc) is 2.63. The van der Waals surface area contributed by atoms with Crippen LogP contribution in [0.25, 0.3) is 0 Å². The van der Waals surface area contributed by atoms with Crippen LogP contribution in [-0.4, -0.2) is 38.0 Å². The van der Waals surface area contributed by atoms with Crippen LogP contribution in [0, 0.1) is 10.1 Å². The Kier molecular flexibility index (Phi) is 7.52. The van der Waals surface area contributed by atoms with E-state index in [-0.39, 0.29) is 5.69 Å². The Hall–Kier alpha value is -2.80. The fraction of sp³-hybridized carbons (Fsp3) is 0.333. The number of nitro groups is 1. The van der Waals surface area contributed by atoms with Gasteiger partial charge < -0.3 is 18.9 Å². The molecular weight excluding hydrogens is 326 g/mol. The molecule has 0 N–H and O–H groups in total. The summed E-state index contributed by atoms with van der Waals surface area (Å²) in [7, 11) is 0. The summed E-state index contributed by atoms with van der Waals surface area (Å²) in [4.78, 5) is 10.1. The molecule has 2 rings (SSSR count). The minimum Gasteiger partial charge on any atom is -0.491 e. The number of nitro benzene ring substituents is 1. The van der Waals surface area contributed by atoms with Crippen molar-refractivity contribution >= 4 is 5.69 Å². The normalized spacial score (nSPS) is 10.3. The van der Waals surface area contributed by atoms with Crippen LogP contribution in [0.1, 0.15) is 6.92 Å². The van der Waals surface area contributed by atoms with Gasteiger partial charge in [0.25, 0.3) is 5.69 Å². The Balaban J connectivity index is 1.60. The Morgan fingerprint density at radius 2 is 1.44 bits per heavy atom. The van der Waals surface area contributed by atoms with E-state index in [2.05, 4.69) is 0 Å². The van der Waals surface area contributed by atoms with Gasteiger partial charge in [0, 0.05) is 12.1 Å². The Labute approximate surface area is 146 Å². The minimum absolute atomic E-state index is 0.0353. The third-order valence-corrected chi connectivity index (χ3v) is 3.18. The maximum absolute atomic E-state index is 10.6. The molecule has 7 nitrogen and oxygen atoms in total. The molecule has 0 aliphatic heterocycles. The first-order valence-corrected chi connectivity index (χ1v) is 8.00. The molecule has 0 heterocycles. The van der Waals surface area contributed by atoms with Gasteiger partial charge in [-0.3, -0.25) is 10.1 Å². The van der Waals surface area contributed by atoms with Crippen molar-refractivity contribution in [3.8, 4) is 17.2 Å². The Morgan fingerprint density at radius 1 is 0.840 bits per heavy atom. The SMILES string of the molecule is CCOc1ccccc1OCCOCCOc1ccc([N+](=O)[O-])cc1. The average molecular weight is 347 g/mol. The lowest BCUT2D eigenvalue weighted by atomic mass is 10.3. The van der Waals surface area contributed by atoms with Crippen molar-refractivity contribution in [2.24, 2.45) is 0 Å². The molecule has 0 saturated heterocycles. The van der Waals surface area contributed by atoms with E-state index in [4.69, 9.17) is 18.9 Å². The van der Waals surface area contributed by atoms with E-state index in [1.807, 2.05) is 31.2 Å².